The summed E-state index contributed by atoms with van der Waals surface area (Å²) in [7, 11) is 0. The molecule has 0 radical (unpaired) electrons. The lowest BCUT2D eigenvalue weighted by Gasteiger charge is -2.25. The monoisotopic (exact) mass is 242 g/mol. The van der Waals surface area contributed by atoms with Gasteiger partial charge in [-0.2, -0.15) is 0 Å². The Kier molecular flexibility index (Phi) is 5.45. The first kappa shape index (κ1) is 14.0. The number of nitrogens with two attached hydrogens (primary N) is 1. The molecule has 3 nitrogen and oxygen atoms in total. The van der Waals surface area contributed by atoms with Crippen molar-refractivity contribution in [3.8, 4) is 0 Å². The average molecular weight is 242 g/mol. The van der Waals surface area contributed by atoms with E-state index in [4.69, 9.17) is 5.73 Å². The molecule has 2 atom stereocenters. The van der Waals surface area contributed by atoms with Gasteiger partial charge in [-0.15, -0.1) is 0 Å². The van der Waals surface area contributed by atoms with Crippen LogP contribution in [0.4, 0.5) is 4.39 Å². The van der Waals surface area contributed by atoms with Gasteiger partial charge in [0.2, 0.25) is 5.91 Å². The van der Waals surface area contributed by atoms with E-state index in [0.29, 0.717) is 6.42 Å². The highest BCUT2D eigenvalue weighted by Crippen LogP contribution is 2.23. The van der Waals surface area contributed by atoms with Gasteiger partial charge in [0.05, 0.1) is 5.92 Å². The SMILES string of the molecule is C=C(N)C(F)C(CCCC)C(=O)N1CCCC1. The second-order valence-electron chi connectivity index (χ2n) is 4.76. The van der Waals surface area contributed by atoms with Gasteiger partial charge in [0.15, 0.2) is 6.17 Å². The van der Waals surface area contributed by atoms with Crippen LogP contribution in [0.3, 0.4) is 0 Å². The number of amides is 1. The number of rotatable bonds is 6. The third-order valence-electron chi connectivity index (χ3n) is 3.31. The number of carbonyl (C=O) groups is 1. The molecule has 0 aromatic heterocycles. The molecule has 0 bridgehead atoms. The highest BCUT2D eigenvalue weighted by Gasteiger charge is 2.33. The molecule has 0 saturated carbocycles. The van der Waals surface area contributed by atoms with E-state index in [-0.39, 0.29) is 11.6 Å². The molecule has 0 aliphatic carbocycles. The zero-order chi connectivity index (χ0) is 12.8. The van der Waals surface area contributed by atoms with E-state index in [1.165, 1.54) is 0 Å². The van der Waals surface area contributed by atoms with Gasteiger partial charge in [0.25, 0.3) is 0 Å². The zero-order valence-electron chi connectivity index (χ0n) is 10.6. The maximum atomic E-state index is 13.9. The van der Waals surface area contributed by atoms with Gasteiger partial charge in [-0.05, 0) is 19.3 Å². The van der Waals surface area contributed by atoms with Crippen LogP contribution in [-0.2, 0) is 4.79 Å². The number of hydrogen-bond donors (Lipinski definition) is 1. The Morgan fingerprint density at radius 3 is 2.53 bits per heavy atom. The van der Waals surface area contributed by atoms with E-state index in [0.717, 1.165) is 38.8 Å². The van der Waals surface area contributed by atoms with Crippen molar-refractivity contribution in [2.45, 2.75) is 45.2 Å². The number of carbonyl (C=O) groups excluding carboxylic acids is 1. The fourth-order valence-corrected chi connectivity index (χ4v) is 2.25. The molecule has 2 N–H and O–H groups in total. The van der Waals surface area contributed by atoms with E-state index >= 15 is 0 Å². The lowest BCUT2D eigenvalue weighted by atomic mass is 9.94. The van der Waals surface area contributed by atoms with Crippen LogP contribution in [-0.4, -0.2) is 30.1 Å². The molecule has 0 aromatic carbocycles. The molecule has 98 valence electrons. The van der Waals surface area contributed by atoms with Crippen molar-refractivity contribution in [1.82, 2.24) is 4.90 Å². The van der Waals surface area contributed by atoms with Gasteiger partial charge in [0.1, 0.15) is 0 Å². The maximum Gasteiger partial charge on any atom is 0.229 e. The van der Waals surface area contributed by atoms with Crippen LogP contribution in [0.2, 0.25) is 0 Å². The predicted octanol–water partition coefficient (Wildman–Crippen LogP) is 2.23. The quantitative estimate of drug-likeness (QED) is 0.776. The fraction of sp³-hybridized carbons (Fsp3) is 0.769. The molecule has 1 rings (SSSR count). The van der Waals surface area contributed by atoms with Crippen LogP contribution in [0, 0.1) is 5.92 Å². The van der Waals surface area contributed by atoms with Crippen molar-refractivity contribution >= 4 is 5.91 Å². The summed E-state index contributed by atoms with van der Waals surface area (Å²) in [5, 5.41) is 0. The summed E-state index contributed by atoms with van der Waals surface area (Å²) in [4.78, 5) is 13.9. The summed E-state index contributed by atoms with van der Waals surface area (Å²) in [6.07, 6.45) is 2.99. The van der Waals surface area contributed by atoms with E-state index in [2.05, 4.69) is 6.58 Å². The molecule has 1 aliphatic rings. The van der Waals surface area contributed by atoms with Crippen LogP contribution in [0.15, 0.2) is 12.3 Å². The molecule has 1 saturated heterocycles. The number of hydrogen-bond acceptors (Lipinski definition) is 2. The van der Waals surface area contributed by atoms with Crippen LogP contribution in [0.5, 0.6) is 0 Å². The third kappa shape index (κ3) is 3.72. The molecule has 1 amide bonds. The van der Waals surface area contributed by atoms with Crippen molar-refractivity contribution in [3.05, 3.63) is 12.3 Å². The van der Waals surface area contributed by atoms with Gasteiger partial charge in [-0.3, -0.25) is 4.79 Å². The second-order valence-corrected chi connectivity index (χ2v) is 4.76. The molecule has 4 heteroatoms. The van der Waals surface area contributed by atoms with Crippen LogP contribution in [0.1, 0.15) is 39.0 Å². The maximum absolute atomic E-state index is 13.9. The third-order valence-corrected chi connectivity index (χ3v) is 3.31. The lowest BCUT2D eigenvalue weighted by molar-refractivity contribution is -0.136. The highest BCUT2D eigenvalue weighted by molar-refractivity contribution is 5.80. The topological polar surface area (TPSA) is 46.3 Å². The van der Waals surface area contributed by atoms with Crippen LogP contribution >= 0.6 is 0 Å². The number of unbranched alkanes of at least 4 members (excludes halogenated alkanes) is 1. The van der Waals surface area contributed by atoms with Crippen molar-refractivity contribution in [3.63, 3.8) is 0 Å². The summed E-state index contributed by atoms with van der Waals surface area (Å²) < 4.78 is 13.9. The summed E-state index contributed by atoms with van der Waals surface area (Å²) in [6, 6.07) is 0. The lowest BCUT2D eigenvalue weighted by Crippen LogP contribution is -2.39. The fourth-order valence-electron chi connectivity index (χ4n) is 2.25. The minimum Gasteiger partial charge on any atom is -0.400 e. The number of likely N-dealkylation sites (tertiary alicyclic amines) is 1. The number of halogens is 1. The zero-order valence-corrected chi connectivity index (χ0v) is 10.6. The molecule has 1 aliphatic heterocycles. The largest absolute Gasteiger partial charge is 0.400 e. The van der Waals surface area contributed by atoms with Gasteiger partial charge in [0, 0.05) is 18.8 Å². The summed E-state index contributed by atoms with van der Waals surface area (Å²) >= 11 is 0. The van der Waals surface area contributed by atoms with E-state index < -0.39 is 12.1 Å². The van der Waals surface area contributed by atoms with E-state index in [1.54, 1.807) is 4.90 Å². The van der Waals surface area contributed by atoms with Crippen LogP contribution in [0.25, 0.3) is 0 Å². The Bertz CT molecular complexity index is 275. The normalized spacial score (nSPS) is 19.1. The molecular formula is C13H23FN2O. The van der Waals surface area contributed by atoms with Gasteiger partial charge in [-0.25, -0.2) is 4.39 Å². The summed E-state index contributed by atoms with van der Waals surface area (Å²) in [6.45, 7) is 6.97. The molecule has 0 aromatic rings. The second kappa shape index (κ2) is 6.62. The first-order valence-corrected chi connectivity index (χ1v) is 6.45. The molecular weight excluding hydrogens is 219 g/mol. The number of allylic oxidation sites excluding steroid dienone is 1. The minimum absolute atomic E-state index is 0.0290. The van der Waals surface area contributed by atoms with E-state index in [1.807, 2.05) is 6.92 Å². The highest BCUT2D eigenvalue weighted by atomic mass is 19.1. The summed E-state index contributed by atoms with van der Waals surface area (Å²) in [5.41, 5.74) is 5.38. The number of nitrogens with zero attached hydrogens (tertiary/aromatic N) is 1. The Morgan fingerprint density at radius 2 is 2.06 bits per heavy atom. The number of alkyl halides is 1. The molecule has 1 heterocycles. The first-order chi connectivity index (χ1) is 8.07. The smallest absolute Gasteiger partial charge is 0.229 e. The predicted molar refractivity (Wildman–Crippen MR) is 67.1 cm³/mol. The first-order valence-electron chi connectivity index (χ1n) is 6.45. The molecule has 17 heavy (non-hydrogen) atoms. The minimum atomic E-state index is -1.41. The van der Waals surface area contributed by atoms with Crippen molar-refractivity contribution < 1.29 is 9.18 Å². The Hall–Kier alpha value is -1.06. The Labute approximate surface area is 103 Å². The standard InChI is InChI=1S/C13H23FN2O/c1-3-4-7-11(12(14)10(2)15)13(17)16-8-5-6-9-16/h11-12H,2-9,15H2,1H3. The summed E-state index contributed by atoms with van der Waals surface area (Å²) in [5.74, 6) is -0.722. The Balaban J connectivity index is 2.66. The molecule has 1 fully saturated rings. The van der Waals surface area contributed by atoms with Gasteiger partial charge in [-0.1, -0.05) is 26.3 Å². The van der Waals surface area contributed by atoms with Gasteiger partial charge < -0.3 is 10.6 Å². The molecule has 0 spiro atoms. The van der Waals surface area contributed by atoms with Crippen LogP contribution < -0.4 is 5.73 Å². The van der Waals surface area contributed by atoms with Crippen molar-refractivity contribution in [2.75, 3.05) is 13.1 Å². The average Bonchev–Trinajstić information content (AvgIpc) is 2.82. The van der Waals surface area contributed by atoms with Crippen molar-refractivity contribution in [2.24, 2.45) is 11.7 Å². The van der Waals surface area contributed by atoms with Gasteiger partial charge >= 0.3 is 0 Å². The van der Waals surface area contributed by atoms with Crippen molar-refractivity contribution in [1.29, 1.82) is 0 Å². The van der Waals surface area contributed by atoms with E-state index in [9.17, 15) is 9.18 Å². The Morgan fingerprint density at radius 1 is 1.47 bits per heavy atom. The molecule has 2 unspecified atom stereocenters.